The third-order valence-electron chi connectivity index (χ3n) is 3.44. The number of anilines is 1. The van der Waals surface area contributed by atoms with Gasteiger partial charge in [-0.1, -0.05) is 11.6 Å². The summed E-state index contributed by atoms with van der Waals surface area (Å²) in [4.78, 5) is 4.78. The first-order chi connectivity index (χ1) is 9.19. The second-order valence-corrected chi connectivity index (χ2v) is 5.31. The number of likely N-dealkylation sites (N-methyl/N-ethyl adjacent to an activating group) is 1. The van der Waals surface area contributed by atoms with E-state index in [9.17, 15) is 0 Å². The van der Waals surface area contributed by atoms with E-state index in [1.165, 1.54) is 0 Å². The molecule has 0 saturated carbocycles. The van der Waals surface area contributed by atoms with Gasteiger partial charge in [0.05, 0.1) is 11.3 Å². The Labute approximate surface area is 119 Å². The topological polar surface area (TPSA) is 42.3 Å². The number of nitriles is 1. The number of piperazine rings is 1. The lowest BCUT2D eigenvalue weighted by Gasteiger charge is -2.32. The monoisotopic (exact) mass is 278 g/mol. The minimum atomic E-state index is 0.598. The van der Waals surface area contributed by atoms with Crippen LogP contribution in [-0.4, -0.2) is 56.1 Å². The summed E-state index contributed by atoms with van der Waals surface area (Å²) in [5, 5.41) is 13.0. The van der Waals surface area contributed by atoms with Gasteiger partial charge in [-0.2, -0.15) is 5.26 Å². The van der Waals surface area contributed by atoms with Crippen molar-refractivity contribution in [2.75, 3.05) is 51.6 Å². The molecule has 1 fully saturated rings. The van der Waals surface area contributed by atoms with Gasteiger partial charge < -0.3 is 10.2 Å². The van der Waals surface area contributed by atoms with E-state index in [2.05, 4.69) is 28.2 Å². The highest BCUT2D eigenvalue weighted by Gasteiger charge is 2.13. The van der Waals surface area contributed by atoms with Crippen LogP contribution in [-0.2, 0) is 0 Å². The van der Waals surface area contributed by atoms with E-state index < -0.39 is 0 Å². The number of hydrogen-bond acceptors (Lipinski definition) is 4. The molecule has 0 unspecified atom stereocenters. The van der Waals surface area contributed by atoms with E-state index in [1.807, 2.05) is 6.07 Å². The average Bonchev–Trinajstić information content (AvgIpc) is 2.42. The van der Waals surface area contributed by atoms with Crippen molar-refractivity contribution in [3.05, 3.63) is 28.8 Å². The highest BCUT2D eigenvalue weighted by Crippen LogP contribution is 2.19. The molecular weight excluding hydrogens is 260 g/mol. The molecule has 0 radical (unpaired) electrons. The van der Waals surface area contributed by atoms with Crippen LogP contribution >= 0.6 is 11.6 Å². The van der Waals surface area contributed by atoms with Gasteiger partial charge in [0.15, 0.2) is 0 Å². The van der Waals surface area contributed by atoms with Crippen molar-refractivity contribution < 1.29 is 0 Å². The Bertz CT molecular complexity index is 461. The Hall–Kier alpha value is -1.28. The van der Waals surface area contributed by atoms with Crippen molar-refractivity contribution in [2.24, 2.45) is 0 Å². The molecule has 0 spiro atoms. The van der Waals surface area contributed by atoms with Crippen LogP contribution in [0, 0.1) is 11.3 Å². The maximum atomic E-state index is 9.06. The largest absolute Gasteiger partial charge is 0.383 e. The fourth-order valence-corrected chi connectivity index (χ4v) is 2.36. The molecule has 1 heterocycles. The van der Waals surface area contributed by atoms with Crippen molar-refractivity contribution in [1.82, 2.24) is 9.80 Å². The molecule has 0 atom stereocenters. The van der Waals surface area contributed by atoms with Crippen LogP contribution in [0.25, 0.3) is 0 Å². The minimum absolute atomic E-state index is 0.598. The lowest BCUT2D eigenvalue weighted by Crippen LogP contribution is -2.45. The second-order valence-electron chi connectivity index (χ2n) is 4.87. The summed E-state index contributed by atoms with van der Waals surface area (Å²) in [6.07, 6.45) is 0. The second kappa shape index (κ2) is 6.76. The smallest absolute Gasteiger partial charge is 0.101 e. The van der Waals surface area contributed by atoms with Gasteiger partial charge in [-0.15, -0.1) is 0 Å². The summed E-state index contributed by atoms with van der Waals surface area (Å²) in [5.74, 6) is 0. The molecule has 1 aliphatic heterocycles. The maximum absolute atomic E-state index is 9.06. The fourth-order valence-electron chi connectivity index (χ4n) is 2.18. The third kappa shape index (κ3) is 4.10. The van der Waals surface area contributed by atoms with Gasteiger partial charge in [-0.25, -0.2) is 0 Å². The Morgan fingerprint density at radius 3 is 2.74 bits per heavy atom. The summed E-state index contributed by atoms with van der Waals surface area (Å²) in [7, 11) is 2.16. The van der Waals surface area contributed by atoms with Crippen LogP contribution in [0.15, 0.2) is 18.2 Å². The Morgan fingerprint density at radius 1 is 1.32 bits per heavy atom. The summed E-state index contributed by atoms with van der Waals surface area (Å²) in [6.45, 7) is 6.34. The normalized spacial score (nSPS) is 17.1. The summed E-state index contributed by atoms with van der Waals surface area (Å²) in [5.41, 5.74) is 1.46. The predicted octanol–water partition coefficient (Wildman–Crippen LogP) is 1.87. The van der Waals surface area contributed by atoms with Gasteiger partial charge in [0.25, 0.3) is 0 Å². The highest BCUT2D eigenvalue weighted by molar-refractivity contribution is 6.30. The lowest BCUT2D eigenvalue weighted by molar-refractivity contribution is 0.158. The number of nitrogens with one attached hydrogen (secondary N) is 1. The van der Waals surface area contributed by atoms with Crippen molar-refractivity contribution in [2.45, 2.75) is 0 Å². The minimum Gasteiger partial charge on any atom is -0.383 e. The predicted molar refractivity (Wildman–Crippen MR) is 78.6 cm³/mol. The maximum Gasteiger partial charge on any atom is 0.101 e. The summed E-state index contributed by atoms with van der Waals surface area (Å²) >= 11 is 5.87. The number of nitrogens with zero attached hydrogens (tertiary/aromatic N) is 3. The van der Waals surface area contributed by atoms with Gasteiger partial charge >= 0.3 is 0 Å². The SMILES string of the molecule is CN1CCN(CCNc2ccc(Cl)cc2C#N)CC1. The Morgan fingerprint density at radius 2 is 2.05 bits per heavy atom. The van der Waals surface area contributed by atoms with Crippen LogP contribution in [0.2, 0.25) is 5.02 Å². The van der Waals surface area contributed by atoms with Crippen LogP contribution in [0.1, 0.15) is 5.56 Å². The molecule has 1 saturated heterocycles. The highest BCUT2D eigenvalue weighted by atomic mass is 35.5. The molecule has 0 aliphatic carbocycles. The van der Waals surface area contributed by atoms with E-state index in [1.54, 1.807) is 12.1 Å². The van der Waals surface area contributed by atoms with Crippen LogP contribution in [0.5, 0.6) is 0 Å². The summed E-state index contributed by atoms with van der Waals surface area (Å²) < 4.78 is 0. The molecule has 0 amide bonds. The standard InChI is InChI=1S/C14H19ClN4/c1-18-6-8-19(9-7-18)5-4-17-14-3-2-13(15)10-12(14)11-16/h2-3,10,17H,4-9H2,1H3. The van der Waals surface area contributed by atoms with Crippen LogP contribution < -0.4 is 5.32 Å². The first kappa shape index (κ1) is 14.1. The quantitative estimate of drug-likeness (QED) is 0.913. The Kier molecular flexibility index (Phi) is 5.03. The fraction of sp³-hybridized carbons (Fsp3) is 0.500. The average molecular weight is 279 g/mol. The van der Waals surface area contributed by atoms with E-state index in [0.29, 0.717) is 10.6 Å². The van der Waals surface area contributed by atoms with Gasteiger partial charge in [0.2, 0.25) is 0 Å². The molecule has 1 N–H and O–H groups in total. The van der Waals surface area contributed by atoms with Crippen molar-refractivity contribution in [3.8, 4) is 6.07 Å². The number of hydrogen-bond donors (Lipinski definition) is 1. The molecule has 4 nitrogen and oxygen atoms in total. The van der Waals surface area contributed by atoms with E-state index in [0.717, 1.165) is 45.0 Å². The van der Waals surface area contributed by atoms with Crippen molar-refractivity contribution in [1.29, 1.82) is 5.26 Å². The van der Waals surface area contributed by atoms with Crippen LogP contribution in [0.4, 0.5) is 5.69 Å². The van der Waals surface area contributed by atoms with Gasteiger partial charge in [-0.3, -0.25) is 4.90 Å². The lowest BCUT2D eigenvalue weighted by atomic mass is 10.2. The van der Waals surface area contributed by atoms with Crippen LogP contribution in [0.3, 0.4) is 0 Å². The van der Waals surface area contributed by atoms with E-state index in [-0.39, 0.29) is 0 Å². The zero-order chi connectivity index (χ0) is 13.7. The molecule has 2 rings (SSSR count). The molecule has 0 aromatic heterocycles. The van der Waals surface area contributed by atoms with Gasteiger partial charge in [0.1, 0.15) is 6.07 Å². The van der Waals surface area contributed by atoms with Crippen molar-refractivity contribution in [3.63, 3.8) is 0 Å². The van der Waals surface area contributed by atoms with E-state index in [4.69, 9.17) is 16.9 Å². The molecule has 1 aromatic rings. The van der Waals surface area contributed by atoms with Gasteiger partial charge in [-0.05, 0) is 25.2 Å². The van der Waals surface area contributed by atoms with Crippen molar-refractivity contribution >= 4 is 17.3 Å². The number of halogens is 1. The zero-order valence-electron chi connectivity index (χ0n) is 11.2. The molecular formula is C14H19ClN4. The molecule has 19 heavy (non-hydrogen) atoms. The number of benzene rings is 1. The summed E-state index contributed by atoms with van der Waals surface area (Å²) in [6, 6.07) is 7.53. The Balaban J connectivity index is 1.81. The molecule has 102 valence electrons. The molecule has 0 bridgehead atoms. The first-order valence-electron chi connectivity index (χ1n) is 6.53. The third-order valence-corrected chi connectivity index (χ3v) is 3.68. The van der Waals surface area contributed by atoms with Gasteiger partial charge in [0, 0.05) is 44.3 Å². The zero-order valence-corrected chi connectivity index (χ0v) is 12.0. The first-order valence-corrected chi connectivity index (χ1v) is 6.91. The van der Waals surface area contributed by atoms with E-state index >= 15 is 0 Å². The molecule has 5 heteroatoms. The molecule has 1 aliphatic rings. The number of rotatable bonds is 4. The molecule has 1 aromatic carbocycles.